The molecule has 0 amide bonds. The minimum atomic E-state index is -4.23. The molecule has 1 rings (SSSR count). The first-order chi connectivity index (χ1) is 5.08. The van der Waals surface area contributed by atoms with Crippen LogP contribution in [0.5, 0.6) is 0 Å². The molecule has 0 spiro atoms. The Hall–Kier alpha value is 0.817. The summed E-state index contributed by atoms with van der Waals surface area (Å²) in [5.74, 6) is 1.88. The molecule has 1 aliphatic rings. The fraction of sp³-hybridized carbons (Fsp3) is 1.00. The summed E-state index contributed by atoms with van der Waals surface area (Å²) in [6.45, 7) is 0. The maximum Gasteiger partial charge on any atom is 1.00 e. The number of nitrogens with one attached hydrogen (secondary N) is 1. The van der Waals surface area contributed by atoms with Gasteiger partial charge in [0.2, 0.25) is 0 Å². The van der Waals surface area contributed by atoms with Crippen molar-refractivity contribution in [3.05, 3.63) is 0 Å². The van der Waals surface area contributed by atoms with Gasteiger partial charge in [0.15, 0.2) is 10.3 Å². The minimum absolute atomic E-state index is 0. The van der Waals surface area contributed by atoms with Gasteiger partial charge in [-0.25, -0.2) is 13.1 Å². The smallest absolute Gasteiger partial charge is 0.735 e. The van der Waals surface area contributed by atoms with E-state index < -0.39 is 10.3 Å². The second kappa shape index (κ2) is 5.53. The molecule has 0 aliphatic carbocycles. The maximum atomic E-state index is 10.2. The molecule has 0 bridgehead atoms. The zero-order valence-electron chi connectivity index (χ0n) is 6.95. The predicted molar refractivity (Wildman–Crippen MR) is 43.2 cm³/mol. The van der Waals surface area contributed by atoms with Gasteiger partial charge in [0.25, 0.3) is 0 Å². The third-order valence-corrected chi connectivity index (χ3v) is 3.20. The molecule has 0 saturated carbocycles. The average Bonchev–Trinajstić information content (AvgIpc) is 1.85. The van der Waals surface area contributed by atoms with Crippen LogP contribution in [0.15, 0.2) is 0 Å². The second-order valence-electron chi connectivity index (χ2n) is 2.46. The van der Waals surface area contributed by atoms with Crippen LogP contribution in [0, 0.1) is 0 Å². The van der Waals surface area contributed by atoms with Crippen LogP contribution >= 0.6 is 11.8 Å². The van der Waals surface area contributed by atoms with Crippen molar-refractivity contribution in [1.29, 1.82) is 0 Å². The molecule has 0 aromatic heterocycles. The Kier molecular flexibility index (Phi) is 5.90. The molecule has 4 nitrogen and oxygen atoms in total. The van der Waals surface area contributed by atoms with Gasteiger partial charge in [0, 0.05) is 6.04 Å². The number of hydrogen-bond acceptors (Lipinski definition) is 4. The van der Waals surface area contributed by atoms with E-state index in [9.17, 15) is 13.0 Å². The minimum Gasteiger partial charge on any atom is -0.735 e. The van der Waals surface area contributed by atoms with E-state index >= 15 is 0 Å². The van der Waals surface area contributed by atoms with E-state index in [1.54, 1.807) is 11.8 Å². The van der Waals surface area contributed by atoms with Crippen LogP contribution < -0.4 is 23.6 Å². The van der Waals surface area contributed by atoms with Crippen molar-refractivity contribution in [2.24, 2.45) is 0 Å². The first kappa shape index (κ1) is 12.8. The Morgan fingerprint density at radius 2 is 1.83 bits per heavy atom. The van der Waals surface area contributed by atoms with Gasteiger partial charge in [0.05, 0.1) is 0 Å². The van der Waals surface area contributed by atoms with Crippen LogP contribution in [0.3, 0.4) is 0 Å². The van der Waals surface area contributed by atoms with Crippen molar-refractivity contribution in [3.8, 4) is 0 Å². The summed E-state index contributed by atoms with van der Waals surface area (Å²) in [7, 11) is -4.23. The molecule has 1 aliphatic heterocycles. The summed E-state index contributed by atoms with van der Waals surface area (Å²) in [6, 6.07) is -0.126. The van der Waals surface area contributed by atoms with Crippen LogP contribution in [-0.4, -0.2) is 30.5 Å². The molecule has 1 N–H and O–H groups in total. The molecule has 0 unspecified atom stereocenters. The van der Waals surface area contributed by atoms with Gasteiger partial charge >= 0.3 is 18.9 Å². The van der Waals surface area contributed by atoms with Crippen molar-refractivity contribution in [3.63, 3.8) is 0 Å². The SMILES string of the molecule is O=S(=O)([O-])NC1CCSCC1.[Li+]. The number of hydrogen-bond donors (Lipinski definition) is 1. The maximum absolute atomic E-state index is 10.2. The molecule has 0 aromatic rings. The average molecular weight is 203 g/mol. The summed E-state index contributed by atoms with van der Waals surface area (Å²) < 4.78 is 32.7. The topological polar surface area (TPSA) is 69.2 Å². The molecular weight excluding hydrogens is 193 g/mol. The Labute approximate surface area is 88.9 Å². The van der Waals surface area contributed by atoms with E-state index in [1.165, 1.54) is 0 Å². The largest absolute Gasteiger partial charge is 1.00 e. The Morgan fingerprint density at radius 1 is 1.33 bits per heavy atom. The Bertz CT molecular complexity index is 213. The summed E-state index contributed by atoms with van der Waals surface area (Å²) in [6.07, 6.45) is 1.54. The molecule has 66 valence electrons. The zero-order valence-corrected chi connectivity index (χ0v) is 8.58. The van der Waals surface area contributed by atoms with Crippen LogP contribution in [0.25, 0.3) is 0 Å². The third kappa shape index (κ3) is 5.46. The molecule has 1 saturated heterocycles. The first-order valence-corrected chi connectivity index (χ1v) is 5.95. The van der Waals surface area contributed by atoms with Crippen molar-refractivity contribution in [1.82, 2.24) is 4.72 Å². The van der Waals surface area contributed by atoms with Gasteiger partial charge in [0.1, 0.15) is 0 Å². The van der Waals surface area contributed by atoms with Crippen LogP contribution in [-0.2, 0) is 10.3 Å². The molecule has 12 heavy (non-hydrogen) atoms. The number of thioether (sulfide) groups is 1. The van der Waals surface area contributed by atoms with Crippen molar-refractivity contribution in [2.45, 2.75) is 18.9 Å². The monoisotopic (exact) mass is 203 g/mol. The molecule has 1 heterocycles. The van der Waals surface area contributed by atoms with E-state index in [-0.39, 0.29) is 24.9 Å². The fourth-order valence-corrected chi connectivity index (χ4v) is 2.77. The zero-order chi connectivity index (χ0) is 8.32. The van der Waals surface area contributed by atoms with Gasteiger partial charge in [-0.3, -0.25) is 0 Å². The van der Waals surface area contributed by atoms with Gasteiger partial charge in [-0.05, 0) is 24.3 Å². The van der Waals surface area contributed by atoms with Crippen LogP contribution in [0.4, 0.5) is 0 Å². The first-order valence-electron chi connectivity index (χ1n) is 3.39. The molecule has 1 fully saturated rings. The normalized spacial score (nSPS) is 20.1. The van der Waals surface area contributed by atoms with E-state index in [4.69, 9.17) is 0 Å². The summed E-state index contributed by atoms with van der Waals surface area (Å²) in [5.41, 5.74) is 0. The Morgan fingerprint density at radius 3 is 2.25 bits per heavy atom. The third-order valence-electron chi connectivity index (χ3n) is 1.53. The molecular formula is C5H10LiNO3S2. The van der Waals surface area contributed by atoms with Gasteiger partial charge in [-0.2, -0.15) is 11.8 Å². The van der Waals surface area contributed by atoms with Gasteiger partial charge in [-0.15, -0.1) is 0 Å². The second-order valence-corrected chi connectivity index (χ2v) is 4.83. The van der Waals surface area contributed by atoms with Crippen LogP contribution in [0.2, 0.25) is 0 Å². The summed E-state index contributed by atoms with van der Waals surface area (Å²) in [4.78, 5) is 0. The Balaban J connectivity index is 0.00000121. The van der Waals surface area contributed by atoms with Crippen molar-refractivity contribution < 1.29 is 31.8 Å². The molecule has 0 aromatic carbocycles. The summed E-state index contributed by atoms with van der Waals surface area (Å²) >= 11 is 1.79. The molecule has 7 heteroatoms. The van der Waals surface area contributed by atoms with Gasteiger partial charge in [-0.1, -0.05) is 0 Å². The van der Waals surface area contributed by atoms with Crippen molar-refractivity contribution in [2.75, 3.05) is 11.5 Å². The molecule has 0 radical (unpaired) electrons. The fourth-order valence-electron chi connectivity index (χ4n) is 1.02. The van der Waals surface area contributed by atoms with E-state index in [0.29, 0.717) is 0 Å². The molecule has 0 atom stereocenters. The summed E-state index contributed by atoms with van der Waals surface area (Å²) in [5, 5.41) is 0. The van der Waals surface area contributed by atoms with E-state index in [2.05, 4.69) is 4.72 Å². The standard InChI is InChI=1S/C5H11NO3S2.Li/c7-11(8,9)6-5-1-3-10-4-2-5;/h5-6H,1-4H2,(H,7,8,9);/q;+1/p-1. The van der Waals surface area contributed by atoms with E-state index in [0.717, 1.165) is 24.3 Å². The van der Waals surface area contributed by atoms with E-state index in [1.807, 2.05) is 0 Å². The quantitative estimate of drug-likeness (QED) is 0.382. The van der Waals surface area contributed by atoms with Crippen LogP contribution in [0.1, 0.15) is 12.8 Å². The number of rotatable bonds is 2. The van der Waals surface area contributed by atoms with Crippen molar-refractivity contribution >= 4 is 22.1 Å². The van der Waals surface area contributed by atoms with Gasteiger partial charge < -0.3 is 4.55 Å². The predicted octanol–water partition coefficient (Wildman–Crippen LogP) is -3.06.